The first-order valence-corrected chi connectivity index (χ1v) is 11.7. The van der Waals surface area contributed by atoms with Crippen molar-refractivity contribution < 1.29 is 4.39 Å². The number of aryl methyl sites for hydroxylation is 1. The summed E-state index contributed by atoms with van der Waals surface area (Å²) in [6.07, 6.45) is 2.16. The molecule has 6 heteroatoms. The van der Waals surface area contributed by atoms with Gasteiger partial charge in [-0.05, 0) is 70.4 Å². The van der Waals surface area contributed by atoms with Crippen molar-refractivity contribution in [2.45, 2.75) is 58.7 Å². The minimum atomic E-state index is -0.223. The lowest BCUT2D eigenvalue weighted by Crippen LogP contribution is -2.49. The van der Waals surface area contributed by atoms with Crippen molar-refractivity contribution in [3.63, 3.8) is 0 Å². The van der Waals surface area contributed by atoms with E-state index < -0.39 is 0 Å². The molecule has 1 fully saturated rings. The fraction of sp³-hybridized carbons (Fsp3) is 0.423. The number of benzene rings is 2. The average Bonchev–Trinajstić information content (AvgIpc) is 2.75. The molecular weight excluding hydrogens is 423 g/mol. The molecule has 0 amide bonds. The molecule has 1 aromatic heterocycles. The van der Waals surface area contributed by atoms with Crippen molar-refractivity contribution in [2.24, 2.45) is 0 Å². The van der Waals surface area contributed by atoms with Gasteiger partial charge in [0.25, 0.3) is 0 Å². The van der Waals surface area contributed by atoms with Crippen LogP contribution in [0, 0.1) is 12.7 Å². The predicted octanol–water partition coefficient (Wildman–Crippen LogP) is 6.30. The van der Waals surface area contributed by atoms with Crippen LogP contribution in [0.25, 0.3) is 10.9 Å². The molecule has 1 aliphatic heterocycles. The molecule has 2 N–H and O–H groups in total. The Bertz CT molecular complexity index is 1080. The first-order chi connectivity index (χ1) is 15.2. The molecule has 32 heavy (non-hydrogen) atoms. The number of aromatic nitrogens is 1. The lowest BCUT2D eigenvalue weighted by Gasteiger charge is -2.37. The summed E-state index contributed by atoms with van der Waals surface area (Å²) in [6.45, 7) is 11.0. The topological polar surface area (TPSA) is 40.2 Å². The van der Waals surface area contributed by atoms with E-state index in [1.807, 2.05) is 30.3 Å². The highest BCUT2D eigenvalue weighted by molar-refractivity contribution is 6.30. The molecule has 4 nitrogen and oxygen atoms in total. The van der Waals surface area contributed by atoms with Gasteiger partial charge in [0, 0.05) is 58.9 Å². The first kappa shape index (κ1) is 22.8. The van der Waals surface area contributed by atoms with Crippen molar-refractivity contribution in [1.29, 1.82) is 0 Å². The van der Waals surface area contributed by atoms with Crippen LogP contribution in [-0.4, -0.2) is 29.7 Å². The minimum absolute atomic E-state index is 0.115. The summed E-state index contributed by atoms with van der Waals surface area (Å²) in [4.78, 5) is 7.18. The van der Waals surface area contributed by atoms with Crippen LogP contribution in [0.2, 0.25) is 5.02 Å². The quantitative estimate of drug-likeness (QED) is 0.474. The van der Waals surface area contributed by atoms with E-state index in [0.717, 1.165) is 58.9 Å². The van der Waals surface area contributed by atoms with E-state index in [-0.39, 0.29) is 11.4 Å². The molecule has 0 saturated carbocycles. The zero-order valence-corrected chi connectivity index (χ0v) is 20.1. The number of halogens is 2. The lowest BCUT2D eigenvalue weighted by atomic mass is 9.99. The SMILES string of the molecule is Cc1c(F)ccc2c(N3CCC(NC(C)(C)C)CC3)cc(NCc3ccc(Cl)cc3)nc12. The van der Waals surface area contributed by atoms with Crippen molar-refractivity contribution in [2.75, 3.05) is 23.3 Å². The Morgan fingerprint density at radius 3 is 2.44 bits per heavy atom. The number of fused-ring (bicyclic) bond motifs is 1. The van der Waals surface area contributed by atoms with E-state index in [9.17, 15) is 4.39 Å². The van der Waals surface area contributed by atoms with Crippen LogP contribution >= 0.6 is 11.6 Å². The Balaban J connectivity index is 1.61. The number of hydrogen-bond acceptors (Lipinski definition) is 4. The van der Waals surface area contributed by atoms with Gasteiger partial charge in [0.05, 0.1) is 5.52 Å². The average molecular weight is 455 g/mol. The molecule has 170 valence electrons. The molecule has 2 heterocycles. The summed E-state index contributed by atoms with van der Waals surface area (Å²) in [5, 5.41) is 8.87. The Kier molecular flexibility index (Phi) is 6.59. The molecule has 0 aliphatic carbocycles. The van der Waals surface area contributed by atoms with Crippen molar-refractivity contribution in [3.8, 4) is 0 Å². The van der Waals surface area contributed by atoms with Crippen LogP contribution in [0.3, 0.4) is 0 Å². The molecule has 0 radical (unpaired) electrons. The molecular formula is C26H32ClFN4. The van der Waals surface area contributed by atoms with Crippen LogP contribution < -0.4 is 15.5 Å². The summed E-state index contributed by atoms with van der Waals surface area (Å²) >= 11 is 6.00. The van der Waals surface area contributed by atoms with Gasteiger partial charge in [-0.15, -0.1) is 0 Å². The first-order valence-electron chi connectivity index (χ1n) is 11.3. The number of rotatable bonds is 5. The third kappa shape index (κ3) is 5.33. The van der Waals surface area contributed by atoms with Gasteiger partial charge in [0.1, 0.15) is 11.6 Å². The van der Waals surface area contributed by atoms with E-state index in [1.54, 1.807) is 13.0 Å². The van der Waals surface area contributed by atoms with Crippen LogP contribution in [0.4, 0.5) is 15.9 Å². The second-order valence-electron chi connectivity index (χ2n) is 9.73. The number of nitrogens with one attached hydrogen (secondary N) is 2. The van der Waals surface area contributed by atoms with Gasteiger partial charge in [-0.25, -0.2) is 9.37 Å². The summed E-state index contributed by atoms with van der Waals surface area (Å²) in [6, 6.07) is 13.8. The lowest BCUT2D eigenvalue weighted by molar-refractivity contribution is 0.317. The Hall–Kier alpha value is -2.37. The smallest absolute Gasteiger partial charge is 0.129 e. The Labute approximate surface area is 195 Å². The zero-order chi connectivity index (χ0) is 22.9. The second-order valence-corrected chi connectivity index (χ2v) is 10.2. The molecule has 0 unspecified atom stereocenters. The maximum atomic E-state index is 14.4. The summed E-state index contributed by atoms with van der Waals surface area (Å²) in [5.41, 5.74) is 3.65. The number of piperidine rings is 1. The van der Waals surface area contributed by atoms with E-state index in [1.165, 1.54) is 0 Å². The molecule has 1 saturated heterocycles. The number of anilines is 2. The molecule has 2 aromatic carbocycles. The molecule has 0 spiro atoms. The third-order valence-corrected chi connectivity index (χ3v) is 6.26. The van der Waals surface area contributed by atoms with Gasteiger partial charge >= 0.3 is 0 Å². The predicted molar refractivity (Wildman–Crippen MR) is 133 cm³/mol. The van der Waals surface area contributed by atoms with Gasteiger partial charge in [-0.1, -0.05) is 23.7 Å². The van der Waals surface area contributed by atoms with Gasteiger partial charge in [0.2, 0.25) is 0 Å². The van der Waals surface area contributed by atoms with Crippen molar-refractivity contribution in [1.82, 2.24) is 10.3 Å². The van der Waals surface area contributed by atoms with Crippen LogP contribution in [0.15, 0.2) is 42.5 Å². The third-order valence-electron chi connectivity index (χ3n) is 6.01. The highest BCUT2D eigenvalue weighted by Crippen LogP contribution is 2.33. The van der Waals surface area contributed by atoms with E-state index in [4.69, 9.17) is 16.6 Å². The van der Waals surface area contributed by atoms with Gasteiger partial charge < -0.3 is 15.5 Å². The van der Waals surface area contributed by atoms with Crippen molar-refractivity contribution in [3.05, 3.63) is 64.4 Å². The van der Waals surface area contributed by atoms with Gasteiger partial charge in [-0.3, -0.25) is 0 Å². The van der Waals surface area contributed by atoms with Crippen LogP contribution in [0.5, 0.6) is 0 Å². The summed E-state index contributed by atoms with van der Waals surface area (Å²) < 4.78 is 14.4. The van der Waals surface area contributed by atoms with E-state index in [2.05, 4.69) is 42.4 Å². The molecule has 1 aliphatic rings. The highest BCUT2D eigenvalue weighted by atomic mass is 35.5. The number of pyridine rings is 1. The fourth-order valence-corrected chi connectivity index (χ4v) is 4.54. The minimum Gasteiger partial charge on any atom is -0.371 e. The number of hydrogen-bond donors (Lipinski definition) is 2. The fourth-order valence-electron chi connectivity index (χ4n) is 4.41. The summed E-state index contributed by atoms with van der Waals surface area (Å²) in [7, 11) is 0. The van der Waals surface area contributed by atoms with Crippen LogP contribution in [-0.2, 0) is 6.54 Å². The standard InChI is InChI=1S/C26H32ClFN4/c1-17-22(28)10-9-21-23(32-13-11-20(12-14-32)31-26(2,3)4)15-24(30-25(17)21)29-16-18-5-7-19(27)8-6-18/h5-10,15,20,31H,11-14,16H2,1-4H3,(H,29,30). The maximum Gasteiger partial charge on any atom is 0.129 e. The monoisotopic (exact) mass is 454 g/mol. The van der Waals surface area contributed by atoms with Crippen LogP contribution in [0.1, 0.15) is 44.7 Å². The normalized spacial score (nSPS) is 15.4. The second kappa shape index (κ2) is 9.24. The molecule has 3 aromatic rings. The Morgan fingerprint density at radius 2 is 1.78 bits per heavy atom. The van der Waals surface area contributed by atoms with Crippen molar-refractivity contribution >= 4 is 34.0 Å². The van der Waals surface area contributed by atoms with Gasteiger partial charge in [0.15, 0.2) is 0 Å². The maximum absolute atomic E-state index is 14.4. The zero-order valence-electron chi connectivity index (χ0n) is 19.3. The highest BCUT2D eigenvalue weighted by Gasteiger charge is 2.24. The molecule has 0 bridgehead atoms. The van der Waals surface area contributed by atoms with Gasteiger partial charge in [-0.2, -0.15) is 0 Å². The number of nitrogens with zero attached hydrogens (tertiary/aromatic N) is 2. The van der Waals surface area contributed by atoms with E-state index in [0.29, 0.717) is 18.2 Å². The Morgan fingerprint density at radius 1 is 1.09 bits per heavy atom. The summed E-state index contributed by atoms with van der Waals surface area (Å²) in [5.74, 6) is 0.532. The molecule has 0 atom stereocenters. The van der Waals surface area contributed by atoms with E-state index >= 15 is 0 Å². The molecule has 4 rings (SSSR count). The largest absolute Gasteiger partial charge is 0.371 e.